The van der Waals surface area contributed by atoms with Crippen LogP contribution in [0.15, 0.2) is 48.7 Å². The molecule has 13 heteroatoms. The van der Waals surface area contributed by atoms with Gasteiger partial charge >= 0.3 is 0 Å². The van der Waals surface area contributed by atoms with Crippen LogP contribution in [-0.4, -0.2) is 67.2 Å². The molecule has 1 aliphatic rings. The van der Waals surface area contributed by atoms with Crippen LogP contribution in [0.3, 0.4) is 0 Å². The van der Waals surface area contributed by atoms with Crippen LogP contribution in [0.1, 0.15) is 47.6 Å². The molecule has 0 bridgehead atoms. The summed E-state index contributed by atoms with van der Waals surface area (Å²) < 4.78 is 10.7. The van der Waals surface area contributed by atoms with Gasteiger partial charge in [-0.2, -0.15) is 0 Å². The number of likely N-dealkylation sites (N-methyl/N-ethyl adjacent to an activating group) is 1. The van der Waals surface area contributed by atoms with Crippen molar-refractivity contribution in [1.82, 2.24) is 14.9 Å². The van der Waals surface area contributed by atoms with E-state index in [0.717, 1.165) is 33.5 Å². The van der Waals surface area contributed by atoms with Crippen molar-refractivity contribution in [1.29, 1.82) is 0 Å². The van der Waals surface area contributed by atoms with Crippen LogP contribution in [0.4, 0.5) is 17.1 Å². The summed E-state index contributed by atoms with van der Waals surface area (Å²) in [7, 11) is 1.70. The Hall–Kier alpha value is -4.43. The number of benzene rings is 2. The molecule has 2 atom stereocenters. The maximum atomic E-state index is 13.8. The average Bonchev–Trinajstić information content (AvgIpc) is 3.14. The van der Waals surface area contributed by atoms with Crippen LogP contribution < -0.4 is 26.8 Å². The smallest absolute Gasteiger partial charge is 0.293 e. The van der Waals surface area contributed by atoms with E-state index in [1.807, 2.05) is 52.0 Å². The van der Waals surface area contributed by atoms with Crippen molar-refractivity contribution in [3.8, 4) is 5.88 Å². The summed E-state index contributed by atoms with van der Waals surface area (Å²) in [6.45, 7) is 10.3. The van der Waals surface area contributed by atoms with E-state index >= 15 is 0 Å². The molecule has 1 amide bonds. The Kier molecular flexibility index (Phi) is 11.5. The number of nitrogens with two attached hydrogens (primary N) is 2. The van der Waals surface area contributed by atoms with E-state index in [9.17, 15) is 9.59 Å². The van der Waals surface area contributed by atoms with Gasteiger partial charge in [-0.25, -0.2) is 16.3 Å². The molecule has 0 saturated carbocycles. The van der Waals surface area contributed by atoms with Crippen molar-refractivity contribution < 1.29 is 29.0 Å². The third-order valence-electron chi connectivity index (χ3n) is 8.12. The van der Waals surface area contributed by atoms with Gasteiger partial charge in [-0.05, 0) is 66.8 Å². The number of hydrogen-bond acceptors (Lipinski definition) is 12. The minimum Gasteiger partial charge on any atom is -0.475 e. The van der Waals surface area contributed by atoms with E-state index in [1.165, 1.54) is 0 Å². The number of anilines is 3. The number of hydroxylamine groups is 2. The van der Waals surface area contributed by atoms with Gasteiger partial charge < -0.3 is 25.1 Å². The number of aryl methyl sites for hydroxylation is 1. The van der Waals surface area contributed by atoms with Gasteiger partial charge in [0.25, 0.3) is 6.47 Å². The molecule has 0 radical (unpaired) electrons. The summed E-state index contributed by atoms with van der Waals surface area (Å²) in [5.41, 5.74) is 15.9. The number of hydrazine groups is 1. The summed E-state index contributed by atoms with van der Waals surface area (Å²) >= 11 is 0. The zero-order valence-electron chi connectivity index (χ0n) is 26.5. The lowest BCUT2D eigenvalue weighted by molar-refractivity contribution is -0.416. The van der Waals surface area contributed by atoms with Crippen LogP contribution in [-0.2, 0) is 30.8 Å². The number of carbonyl (C=O) groups is 2. The van der Waals surface area contributed by atoms with Crippen LogP contribution in [0.2, 0.25) is 0 Å². The number of hydrogen-bond donors (Lipinski definition) is 3. The summed E-state index contributed by atoms with van der Waals surface area (Å²) in [5.74, 6) is 5.68. The fourth-order valence-electron chi connectivity index (χ4n) is 5.40. The van der Waals surface area contributed by atoms with Crippen molar-refractivity contribution in [3.63, 3.8) is 0 Å². The van der Waals surface area contributed by atoms with Crippen LogP contribution >= 0.6 is 0 Å². The zero-order valence-corrected chi connectivity index (χ0v) is 26.5. The van der Waals surface area contributed by atoms with Gasteiger partial charge in [-0.1, -0.05) is 36.2 Å². The minimum atomic E-state index is -0.487. The number of nitrogens with one attached hydrogen (secondary N) is 1. The number of rotatable bonds is 12. The molecule has 0 spiro atoms. The standard InChI is InChI=1S/C32H43N7O6/c1-6-39(34)28-12-11-26(22(3)30(28)33)29(23(4)32(41)37(5)14-16-42-20-40)24-10-9-21(2)25(18-24)19-38-15-17-43-31-27(36-44-45-38)8-7-13-35-31/h7-13,18,20,23,29,36H,6,14-17,19,33-34H2,1-5H3. The van der Waals surface area contributed by atoms with Gasteiger partial charge in [0.1, 0.15) is 18.9 Å². The molecule has 0 saturated heterocycles. The lowest BCUT2D eigenvalue weighted by atomic mass is 9.78. The quantitative estimate of drug-likeness (QED) is 0.0677. The van der Waals surface area contributed by atoms with Gasteiger partial charge in [0.2, 0.25) is 11.8 Å². The highest BCUT2D eigenvalue weighted by molar-refractivity contribution is 5.81. The molecule has 5 N–H and O–H groups in total. The first kappa shape index (κ1) is 33.5. The van der Waals surface area contributed by atoms with Crippen molar-refractivity contribution in [3.05, 3.63) is 76.5 Å². The van der Waals surface area contributed by atoms with Crippen molar-refractivity contribution in [2.45, 2.75) is 40.2 Å². The van der Waals surface area contributed by atoms with Crippen LogP contribution in [0, 0.1) is 19.8 Å². The van der Waals surface area contributed by atoms with E-state index in [1.54, 1.807) is 40.3 Å². The summed E-state index contributed by atoms with van der Waals surface area (Å²) in [4.78, 5) is 41.1. The van der Waals surface area contributed by atoms with E-state index in [-0.39, 0.29) is 25.0 Å². The molecule has 0 aliphatic carbocycles. The highest BCUT2D eigenvalue weighted by atomic mass is 17.3. The Bertz CT molecular complexity index is 1440. The lowest BCUT2D eigenvalue weighted by Gasteiger charge is -2.31. The summed E-state index contributed by atoms with van der Waals surface area (Å²) in [6.07, 6.45) is 1.64. The molecule has 2 aromatic carbocycles. The van der Waals surface area contributed by atoms with Crippen molar-refractivity contribution in [2.24, 2.45) is 11.8 Å². The first-order chi connectivity index (χ1) is 21.7. The van der Waals surface area contributed by atoms with E-state index in [4.69, 9.17) is 31.0 Å². The Morgan fingerprint density at radius 2 is 2.04 bits per heavy atom. The third-order valence-corrected chi connectivity index (χ3v) is 8.12. The lowest BCUT2D eigenvalue weighted by Crippen LogP contribution is -2.37. The van der Waals surface area contributed by atoms with Crippen molar-refractivity contribution >= 4 is 29.4 Å². The summed E-state index contributed by atoms with van der Waals surface area (Å²) in [5, 5.41) is 3.25. The minimum absolute atomic E-state index is 0.0965. The number of ether oxygens (including phenoxy) is 2. The summed E-state index contributed by atoms with van der Waals surface area (Å²) in [6, 6.07) is 13.6. The average molecular weight is 622 g/mol. The van der Waals surface area contributed by atoms with E-state index in [2.05, 4.69) is 16.5 Å². The Morgan fingerprint density at radius 1 is 1.24 bits per heavy atom. The molecular formula is C32H43N7O6. The van der Waals surface area contributed by atoms with E-state index < -0.39 is 5.92 Å². The van der Waals surface area contributed by atoms with Crippen LogP contribution in [0.25, 0.3) is 0 Å². The molecule has 13 nitrogen and oxygen atoms in total. The van der Waals surface area contributed by atoms with Gasteiger partial charge in [0.15, 0.2) is 0 Å². The predicted molar refractivity (Wildman–Crippen MR) is 171 cm³/mol. The Balaban J connectivity index is 1.67. The number of nitrogen functional groups attached to an aromatic ring is 1. The highest BCUT2D eigenvalue weighted by Gasteiger charge is 2.32. The van der Waals surface area contributed by atoms with Gasteiger partial charge in [0.05, 0.1) is 31.0 Å². The topological polar surface area (TPSA) is 158 Å². The molecule has 242 valence electrons. The van der Waals surface area contributed by atoms with Crippen molar-refractivity contribution in [2.75, 3.05) is 56.1 Å². The van der Waals surface area contributed by atoms with Crippen LogP contribution in [0.5, 0.6) is 5.88 Å². The molecule has 4 rings (SSSR count). The zero-order chi connectivity index (χ0) is 32.5. The maximum absolute atomic E-state index is 13.8. The molecule has 0 fully saturated rings. The van der Waals surface area contributed by atoms with E-state index in [0.29, 0.717) is 50.0 Å². The molecule has 1 aliphatic heterocycles. The van der Waals surface area contributed by atoms with Gasteiger partial charge in [0, 0.05) is 31.6 Å². The fraction of sp³-hybridized carbons (Fsp3) is 0.406. The second kappa shape index (κ2) is 15.5. The van der Waals surface area contributed by atoms with Gasteiger partial charge in [-0.15, -0.1) is 10.1 Å². The number of carbonyl (C=O) groups excluding carboxylic acids is 2. The highest BCUT2D eigenvalue weighted by Crippen LogP contribution is 2.40. The number of amides is 1. The fourth-order valence-corrected chi connectivity index (χ4v) is 5.40. The molecule has 1 aromatic heterocycles. The second-order valence-corrected chi connectivity index (χ2v) is 11.0. The largest absolute Gasteiger partial charge is 0.475 e. The number of fused-ring (bicyclic) bond motifs is 1. The first-order valence-corrected chi connectivity index (χ1v) is 14.9. The SMILES string of the molecule is CCN(N)c1ccc(C(c2ccc(C)c(CN3CCOc4ncccc4NOO3)c2)C(C)C(=O)N(C)CCOC=O)c(C)c1N. The molecule has 2 heterocycles. The number of pyridine rings is 1. The maximum Gasteiger partial charge on any atom is 0.293 e. The molecule has 45 heavy (non-hydrogen) atoms. The van der Waals surface area contributed by atoms with Gasteiger partial charge in [-0.3, -0.25) is 9.59 Å². The number of nitrogens with zero attached hydrogens (tertiary/aromatic N) is 4. The predicted octanol–water partition coefficient (Wildman–Crippen LogP) is 3.46. The second-order valence-electron chi connectivity index (χ2n) is 11.0. The monoisotopic (exact) mass is 621 g/mol. The normalized spacial score (nSPS) is 14.8. The Labute approximate surface area is 263 Å². The molecule has 3 aromatic rings. The first-order valence-electron chi connectivity index (χ1n) is 14.9. The Morgan fingerprint density at radius 3 is 2.80 bits per heavy atom. The molecular weight excluding hydrogens is 578 g/mol. The third kappa shape index (κ3) is 8.00. The number of aromatic nitrogens is 1. The molecule has 2 unspecified atom stereocenters.